The Morgan fingerprint density at radius 3 is 2.72 bits per heavy atom. The van der Waals surface area contributed by atoms with E-state index in [1.165, 1.54) is 5.57 Å². The van der Waals surface area contributed by atoms with Crippen LogP contribution < -0.4 is 0 Å². The van der Waals surface area contributed by atoms with Gasteiger partial charge in [0.15, 0.2) is 0 Å². The number of hydrogen-bond donors (Lipinski definition) is 3. The molecule has 32 heavy (non-hydrogen) atoms. The van der Waals surface area contributed by atoms with Crippen LogP contribution in [0, 0.1) is 29.6 Å². The van der Waals surface area contributed by atoms with Crippen LogP contribution in [0.3, 0.4) is 0 Å². The topological polar surface area (TPSA) is 113 Å². The van der Waals surface area contributed by atoms with Crippen LogP contribution in [0.5, 0.6) is 0 Å². The quantitative estimate of drug-likeness (QED) is 0.387. The van der Waals surface area contributed by atoms with E-state index in [0.29, 0.717) is 25.2 Å². The molecule has 0 spiro atoms. The summed E-state index contributed by atoms with van der Waals surface area (Å²) in [5.74, 6) is -0.140. The van der Waals surface area contributed by atoms with Gasteiger partial charge in [-0.1, -0.05) is 39.0 Å². The first kappa shape index (κ1) is 25.0. The fourth-order valence-electron chi connectivity index (χ4n) is 5.42. The number of aliphatic hydroxyl groups is 1. The van der Waals surface area contributed by atoms with E-state index in [-0.39, 0.29) is 54.6 Å². The van der Waals surface area contributed by atoms with Gasteiger partial charge in [0.05, 0.1) is 18.4 Å². The van der Waals surface area contributed by atoms with Crippen LogP contribution in [0.1, 0.15) is 59.3 Å². The van der Waals surface area contributed by atoms with Crippen molar-refractivity contribution in [3.05, 3.63) is 23.8 Å². The number of fused-ring (bicyclic) bond motifs is 1. The molecule has 3 aliphatic rings. The van der Waals surface area contributed by atoms with Crippen molar-refractivity contribution in [2.75, 3.05) is 0 Å². The fraction of sp³-hybridized carbons (Fsp3) is 0.750. The summed E-state index contributed by atoms with van der Waals surface area (Å²) < 4.78 is 11.5. The molecule has 0 aromatic heterocycles. The summed E-state index contributed by atoms with van der Waals surface area (Å²) in [5, 5.41) is 28.1. The van der Waals surface area contributed by atoms with E-state index in [4.69, 9.17) is 19.5 Å². The van der Waals surface area contributed by atoms with E-state index in [0.717, 1.165) is 12.8 Å². The van der Waals surface area contributed by atoms with Crippen LogP contribution in [0.4, 0.5) is 0 Å². The third-order valence-corrected chi connectivity index (χ3v) is 7.18. The van der Waals surface area contributed by atoms with Crippen molar-refractivity contribution in [2.45, 2.75) is 83.9 Å². The van der Waals surface area contributed by atoms with Crippen molar-refractivity contribution in [3.63, 3.8) is 0 Å². The molecule has 8 heteroatoms. The molecule has 0 saturated carbocycles. The van der Waals surface area contributed by atoms with Crippen LogP contribution in [0.15, 0.2) is 23.8 Å². The Kier molecular flexibility index (Phi) is 8.59. The summed E-state index contributed by atoms with van der Waals surface area (Å²) >= 11 is 0. The van der Waals surface area contributed by atoms with Crippen molar-refractivity contribution in [1.29, 1.82) is 0 Å². The van der Waals surface area contributed by atoms with Crippen molar-refractivity contribution >= 4 is 19.1 Å². The fourth-order valence-corrected chi connectivity index (χ4v) is 5.42. The highest BCUT2D eigenvalue weighted by atomic mass is 16.6. The molecule has 0 bridgehead atoms. The average molecular weight is 448 g/mol. The van der Waals surface area contributed by atoms with Crippen LogP contribution in [0.25, 0.3) is 0 Å². The standard InChI is InChI=1S/C24H37BO7/c1-14-10-17-5-4-15(2)20(7-6-19-12-18(26)13-22(27)31-19)23(17)21(11-14)32-24(28)16(3)8-9-25(29)30/h4-5,10,14-16,18-21,23,26,29-30H,6-9,11-13H2,1-3H3/t14-,15-,16-,18-,19?,20-,21+,23-/m1/s1. The summed E-state index contributed by atoms with van der Waals surface area (Å²) in [6, 6.07) is 0. The molecule has 8 atom stereocenters. The van der Waals surface area contributed by atoms with Gasteiger partial charge in [-0.05, 0) is 55.3 Å². The van der Waals surface area contributed by atoms with Crippen LogP contribution in [-0.4, -0.2) is 52.5 Å². The highest BCUT2D eigenvalue weighted by Crippen LogP contribution is 2.45. The number of carbonyl (C=O) groups is 2. The van der Waals surface area contributed by atoms with Gasteiger partial charge >= 0.3 is 19.1 Å². The van der Waals surface area contributed by atoms with E-state index >= 15 is 0 Å². The van der Waals surface area contributed by atoms with E-state index in [1.807, 2.05) is 0 Å². The van der Waals surface area contributed by atoms with E-state index in [1.54, 1.807) is 6.92 Å². The lowest BCUT2D eigenvalue weighted by Crippen LogP contribution is -2.42. The summed E-state index contributed by atoms with van der Waals surface area (Å²) in [4.78, 5) is 24.5. The Hall–Kier alpha value is -1.64. The Morgan fingerprint density at radius 2 is 2.03 bits per heavy atom. The molecule has 1 aliphatic heterocycles. The number of allylic oxidation sites excluding steroid dienone is 3. The maximum absolute atomic E-state index is 12.8. The predicted octanol–water partition coefficient (Wildman–Crippen LogP) is 2.65. The number of cyclic esters (lactones) is 1. The van der Waals surface area contributed by atoms with Crippen LogP contribution >= 0.6 is 0 Å². The number of rotatable bonds is 8. The van der Waals surface area contributed by atoms with Gasteiger partial charge in [-0.2, -0.15) is 0 Å². The molecular formula is C24H37BO7. The minimum Gasteiger partial charge on any atom is -0.462 e. The SMILES string of the molecule is C[C@@H]1C=C2C=C[C@@H](C)[C@@H](CCC3C[C@@H](O)CC(=O)O3)[C@@H]2[C@@H](OC(=O)[C@H](C)CCB(O)O)C1. The zero-order valence-electron chi connectivity index (χ0n) is 19.4. The summed E-state index contributed by atoms with van der Waals surface area (Å²) in [6.45, 7) is 6.05. The van der Waals surface area contributed by atoms with Crippen molar-refractivity contribution in [3.8, 4) is 0 Å². The van der Waals surface area contributed by atoms with Crippen LogP contribution in [-0.2, 0) is 19.1 Å². The molecule has 178 valence electrons. The second-order valence-corrected chi connectivity index (χ2v) is 10.0. The zero-order valence-corrected chi connectivity index (χ0v) is 19.4. The maximum atomic E-state index is 12.8. The maximum Gasteiger partial charge on any atom is 0.451 e. The first-order valence-corrected chi connectivity index (χ1v) is 12.0. The van der Waals surface area contributed by atoms with Gasteiger partial charge in [-0.15, -0.1) is 0 Å². The lowest BCUT2D eigenvalue weighted by molar-refractivity contribution is -0.162. The minimum atomic E-state index is -1.42. The normalized spacial score (nSPS) is 35.4. The van der Waals surface area contributed by atoms with Gasteiger partial charge < -0.3 is 24.6 Å². The van der Waals surface area contributed by atoms with Gasteiger partial charge in [-0.3, -0.25) is 9.59 Å². The van der Waals surface area contributed by atoms with Gasteiger partial charge in [0.1, 0.15) is 12.2 Å². The molecule has 1 heterocycles. The molecule has 1 unspecified atom stereocenters. The van der Waals surface area contributed by atoms with E-state index in [2.05, 4.69) is 32.1 Å². The average Bonchev–Trinajstić information content (AvgIpc) is 2.70. The van der Waals surface area contributed by atoms with E-state index in [9.17, 15) is 14.7 Å². The monoisotopic (exact) mass is 448 g/mol. The van der Waals surface area contributed by atoms with E-state index < -0.39 is 19.1 Å². The Morgan fingerprint density at radius 1 is 1.28 bits per heavy atom. The second kappa shape index (κ2) is 11.0. The highest BCUT2D eigenvalue weighted by molar-refractivity contribution is 6.40. The number of esters is 2. The number of hydrogen-bond acceptors (Lipinski definition) is 7. The molecule has 2 aliphatic carbocycles. The molecule has 0 radical (unpaired) electrons. The Bertz CT molecular complexity index is 734. The Balaban J connectivity index is 1.70. The molecular weight excluding hydrogens is 411 g/mol. The van der Waals surface area contributed by atoms with Crippen molar-refractivity contribution < 1.29 is 34.2 Å². The Labute approximate surface area is 191 Å². The molecule has 0 amide bonds. The molecule has 3 N–H and O–H groups in total. The number of ether oxygens (including phenoxy) is 2. The first-order chi connectivity index (χ1) is 15.1. The largest absolute Gasteiger partial charge is 0.462 e. The zero-order chi connectivity index (χ0) is 23.4. The number of carbonyl (C=O) groups excluding carboxylic acids is 2. The third kappa shape index (κ3) is 6.45. The second-order valence-electron chi connectivity index (χ2n) is 10.0. The lowest BCUT2D eigenvalue weighted by atomic mass is 9.65. The molecule has 0 aromatic carbocycles. The van der Waals surface area contributed by atoms with Gasteiger partial charge in [0, 0.05) is 12.3 Å². The highest BCUT2D eigenvalue weighted by Gasteiger charge is 2.42. The third-order valence-electron chi connectivity index (χ3n) is 7.18. The lowest BCUT2D eigenvalue weighted by Gasteiger charge is -2.43. The molecule has 1 fully saturated rings. The van der Waals surface area contributed by atoms with Gasteiger partial charge in [-0.25, -0.2) is 0 Å². The molecule has 1 saturated heterocycles. The minimum absolute atomic E-state index is 0.0655. The van der Waals surface area contributed by atoms with Crippen LogP contribution in [0.2, 0.25) is 6.32 Å². The number of aliphatic hydroxyl groups excluding tert-OH is 1. The summed E-state index contributed by atoms with van der Waals surface area (Å²) in [6.07, 6.45) is 8.75. The smallest absolute Gasteiger partial charge is 0.451 e. The molecule has 0 aromatic rings. The first-order valence-electron chi connectivity index (χ1n) is 12.0. The van der Waals surface area contributed by atoms with Crippen molar-refractivity contribution in [1.82, 2.24) is 0 Å². The summed E-state index contributed by atoms with van der Waals surface area (Å²) in [7, 11) is -1.42. The summed E-state index contributed by atoms with van der Waals surface area (Å²) in [5.41, 5.74) is 1.20. The van der Waals surface area contributed by atoms with Gasteiger partial charge in [0.25, 0.3) is 0 Å². The molecule has 7 nitrogen and oxygen atoms in total. The molecule has 3 rings (SSSR count). The van der Waals surface area contributed by atoms with Gasteiger partial charge in [0.2, 0.25) is 0 Å². The van der Waals surface area contributed by atoms with Crippen molar-refractivity contribution in [2.24, 2.45) is 29.6 Å². The predicted molar refractivity (Wildman–Crippen MR) is 120 cm³/mol.